The van der Waals surface area contributed by atoms with E-state index in [9.17, 15) is 10.1 Å². The molecule has 7 heteroatoms. The molecule has 0 unspecified atom stereocenters. The van der Waals surface area contributed by atoms with Gasteiger partial charge in [0.25, 0.3) is 5.69 Å². The van der Waals surface area contributed by atoms with Gasteiger partial charge in [-0.1, -0.05) is 11.6 Å². The molecule has 0 atom stereocenters. The van der Waals surface area contributed by atoms with Crippen LogP contribution in [0.2, 0.25) is 0 Å². The minimum Gasteiger partial charge on any atom is -0.365 e. The summed E-state index contributed by atoms with van der Waals surface area (Å²) >= 11 is 0. The van der Waals surface area contributed by atoms with E-state index >= 15 is 0 Å². The van der Waals surface area contributed by atoms with E-state index in [0.29, 0.717) is 12.4 Å². The van der Waals surface area contributed by atoms with Crippen LogP contribution in [0.15, 0.2) is 23.9 Å². The minimum atomic E-state index is -0.563. The van der Waals surface area contributed by atoms with Crippen LogP contribution in [0.4, 0.5) is 11.5 Å². The Labute approximate surface area is 110 Å². The van der Waals surface area contributed by atoms with E-state index in [-0.39, 0.29) is 11.3 Å². The van der Waals surface area contributed by atoms with Gasteiger partial charge in [0.1, 0.15) is 23.6 Å². The highest BCUT2D eigenvalue weighted by Crippen LogP contribution is 2.18. The van der Waals surface area contributed by atoms with Gasteiger partial charge in [-0.2, -0.15) is 5.26 Å². The summed E-state index contributed by atoms with van der Waals surface area (Å²) in [5.41, 5.74) is 1.25. The highest BCUT2D eigenvalue weighted by molar-refractivity contribution is 5.56. The van der Waals surface area contributed by atoms with Crippen molar-refractivity contribution in [3.8, 4) is 6.07 Å². The molecule has 0 bridgehead atoms. The third-order valence-electron chi connectivity index (χ3n) is 2.85. The zero-order valence-electron chi connectivity index (χ0n) is 10.2. The van der Waals surface area contributed by atoms with Crippen molar-refractivity contribution >= 4 is 11.5 Å². The Morgan fingerprint density at radius 1 is 1.63 bits per heavy atom. The Hall–Kier alpha value is -2.46. The molecule has 7 nitrogen and oxygen atoms in total. The molecule has 1 aromatic heterocycles. The molecule has 2 N–H and O–H groups in total. The maximum atomic E-state index is 10.6. The number of pyridine rings is 1. The Morgan fingerprint density at radius 2 is 2.47 bits per heavy atom. The van der Waals surface area contributed by atoms with E-state index in [1.807, 2.05) is 6.07 Å². The van der Waals surface area contributed by atoms with Crippen molar-refractivity contribution in [1.82, 2.24) is 10.3 Å². The lowest BCUT2D eigenvalue weighted by molar-refractivity contribution is -0.385. The highest BCUT2D eigenvalue weighted by atomic mass is 16.6. The zero-order chi connectivity index (χ0) is 13.7. The number of rotatable bonds is 4. The molecule has 2 heterocycles. The van der Waals surface area contributed by atoms with Gasteiger partial charge in [0.15, 0.2) is 0 Å². The van der Waals surface area contributed by atoms with Gasteiger partial charge in [0.2, 0.25) is 0 Å². The summed E-state index contributed by atoms with van der Waals surface area (Å²) in [6, 6.07) is 3.15. The van der Waals surface area contributed by atoms with Crippen LogP contribution < -0.4 is 10.6 Å². The molecule has 0 saturated carbocycles. The van der Waals surface area contributed by atoms with Gasteiger partial charge < -0.3 is 10.6 Å². The third-order valence-corrected chi connectivity index (χ3v) is 2.85. The Kier molecular flexibility index (Phi) is 4.05. The molecule has 0 spiro atoms. The van der Waals surface area contributed by atoms with E-state index < -0.39 is 4.92 Å². The first-order valence-electron chi connectivity index (χ1n) is 5.87. The largest absolute Gasteiger partial charge is 0.365 e. The number of nitrogens with one attached hydrogen (secondary N) is 2. The number of nitrogens with zero attached hydrogens (tertiary/aromatic N) is 3. The first-order chi connectivity index (χ1) is 9.20. The predicted octanol–water partition coefficient (Wildman–Crippen LogP) is 1.19. The molecule has 19 heavy (non-hydrogen) atoms. The lowest BCUT2D eigenvalue weighted by Crippen LogP contribution is -2.23. The maximum absolute atomic E-state index is 10.6. The second-order valence-electron chi connectivity index (χ2n) is 4.13. The van der Waals surface area contributed by atoms with Crippen molar-refractivity contribution in [3.63, 3.8) is 0 Å². The highest BCUT2D eigenvalue weighted by Gasteiger charge is 2.12. The average Bonchev–Trinajstić information content (AvgIpc) is 2.45. The van der Waals surface area contributed by atoms with Crippen molar-refractivity contribution in [2.24, 2.45) is 0 Å². The fourth-order valence-corrected chi connectivity index (χ4v) is 1.81. The van der Waals surface area contributed by atoms with Crippen molar-refractivity contribution in [3.05, 3.63) is 39.6 Å². The second kappa shape index (κ2) is 5.93. The van der Waals surface area contributed by atoms with Crippen molar-refractivity contribution in [2.45, 2.75) is 6.42 Å². The summed E-state index contributed by atoms with van der Waals surface area (Å²) in [4.78, 5) is 14.0. The first-order valence-corrected chi connectivity index (χ1v) is 5.87. The summed E-state index contributed by atoms with van der Waals surface area (Å²) < 4.78 is 0. The molecule has 0 amide bonds. The fourth-order valence-electron chi connectivity index (χ4n) is 1.81. The molecule has 0 radical (unpaired) electrons. The van der Waals surface area contributed by atoms with Crippen molar-refractivity contribution < 1.29 is 4.92 Å². The van der Waals surface area contributed by atoms with Crippen LogP contribution in [0, 0.1) is 21.4 Å². The summed E-state index contributed by atoms with van der Waals surface area (Å²) in [5.74, 6) is 0.382. The van der Waals surface area contributed by atoms with E-state index in [1.54, 1.807) is 0 Å². The zero-order valence-corrected chi connectivity index (χ0v) is 10.2. The van der Waals surface area contributed by atoms with Crippen LogP contribution in [0.5, 0.6) is 0 Å². The molecule has 2 rings (SSSR count). The van der Waals surface area contributed by atoms with E-state index in [2.05, 4.69) is 21.7 Å². The standard InChI is InChI=1S/C12H13N5O2/c13-6-10-5-11(17(18)19)8-16-12(10)15-7-9-1-3-14-4-2-9/h1,5,8,14H,2-4,7H2,(H,15,16). The van der Waals surface area contributed by atoms with Crippen LogP contribution in [-0.4, -0.2) is 29.5 Å². The summed E-state index contributed by atoms with van der Waals surface area (Å²) in [6.45, 7) is 2.38. The van der Waals surface area contributed by atoms with E-state index in [1.165, 1.54) is 11.6 Å². The third kappa shape index (κ3) is 3.26. The molecule has 98 valence electrons. The summed E-state index contributed by atoms with van der Waals surface area (Å²) in [7, 11) is 0. The molecule has 1 aromatic rings. The molecule has 1 aliphatic heterocycles. The van der Waals surface area contributed by atoms with Crippen molar-refractivity contribution in [2.75, 3.05) is 25.0 Å². The summed E-state index contributed by atoms with van der Waals surface area (Å²) in [6.07, 6.45) is 4.19. The second-order valence-corrected chi connectivity index (χ2v) is 4.13. The maximum Gasteiger partial charge on any atom is 0.289 e. The first kappa shape index (κ1) is 13.0. The molecule has 0 saturated heterocycles. The van der Waals surface area contributed by atoms with Crippen LogP contribution >= 0.6 is 0 Å². The molecule has 0 aromatic carbocycles. The van der Waals surface area contributed by atoms with Gasteiger partial charge >= 0.3 is 0 Å². The SMILES string of the molecule is N#Cc1cc([N+](=O)[O-])cnc1NCC1=CCNCC1. The Morgan fingerprint density at radius 3 is 3.11 bits per heavy atom. The van der Waals surface area contributed by atoms with Crippen LogP contribution in [0.25, 0.3) is 0 Å². The lowest BCUT2D eigenvalue weighted by atomic mass is 10.1. The van der Waals surface area contributed by atoms with Gasteiger partial charge in [-0.25, -0.2) is 4.98 Å². The van der Waals surface area contributed by atoms with Crippen LogP contribution in [0.3, 0.4) is 0 Å². The number of hydrogen-bond acceptors (Lipinski definition) is 6. The monoisotopic (exact) mass is 259 g/mol. The quantitative estimate of drug-likeness (QED) is 0.478. The fraction of sp³-hybridized carbons (Fsp3) is 0.333. The van der Waals surface area contributed by atoms with E-state index in [4.69, 9.17) is 5.26 Å². The Bertz CT molecular complexity index is 562. The predicted molar refractivity (Wildman–Crippen MR) is 69.7 cm³/mol. The topological polar surface area (TPSA) is 104 Å². The number of anilines is 1. The van der Waals surface area contributed by atoms with Gasteiger partial charge in [-0.05, 0) is 13.0 Å². The number of hydrogen-bond donors (Lipinski definition) is 2. The van der Waals surface area contributed by atoms with E-state index in [0.717, 1.165) is 25.7 Å². The van der Waals surface area contributed by atoms with Crippen molar-refractivity contribution in [1.29, 1.82) is 5.26 Å². The minimum absolute atomic E-state index is 0.178. The average molecular weight is 259 g/mol. The molecule has 1 aliphatic rings. The number of nitriles is 1. The normalized spacial score (nSPS) is 14.4. The smallest absolute Gasteiger partial charge is 0.289 e. The van der Waals surface area contributed by atoms with Crippen LogP contribution in [0.1, 0.15) is 12.0 Å². The number of aromatic nitrogens is 1. The Balaban J connectivity index is 2.10. The van der Waals surface area contributed by atoms with Gasteiger partial charge in [0, 0.05) is 19.2 Å². The molecule has 0 fully saturated rings. The molecular formula is C12H13N5O2. The van der Waals surface area contributed by atoms with Gasteiger partial charge in [0.05, 0.1) is 4.92 Å². The summed E-state index contributed by atoms with van der Waals surface area (Å²) in [5, 5.41) is 25.8. The number of nitro groups is 1. The molecular weight excluding hydrogens is 246 g/mol. The lowest BCUT2D eigenvalue weighted by Gasteiger charge is -2.15. The van der Waals surface area contributed by atoms with Gasteiger partial charge in [-0.15, -0.1) is 0 Å². The van der Waals surface area contributed by atoms with Gasteiger partial charge in [-0.3, -0.25) is 10.1 Å². The van der Waals surface area contributed by atoms with Crippen LogP contribution in [-0.2, 0) is 0 Å². The molecule has 0 aliphatic carbocycles.